The first-order valence-electron chi connectivity index (χ1n) is 11.5. The van der Waals surface area contributed by atoms with Gasteiger partial charge < -0.3 is 0 Å². The average Bonchev–Trinajstić information content (AvgIpc) is 3.22. The van der Waals surface area contributed by atoms with Crippen molar-refractivity contribution in [2.45, 2.75) is 6.92 Å². The second-order valence-corrected chi connectivity index (χ2v) is 8.36. The largest absolute Gasteiger partial charge is 0.278 e. The van der Waals surface area contributed by atoms with Crippen molar-refractivity contribution in [2.75, 3.05) is 0 Å². The molecule has 0 aliphatic carbocycles. The standard InChI is InChI=1S/C31H23N3/c1-22-26-19-11-12-20-29(26)34(30(22)25-17-9-4-10-18-25)31-32-27(23-13-5-2-6-14-23)21-28(33-31)24-15-7-3-8-16-24/h2-21H,1H3. The molecule has 0 N–H and O–H groups in total. The number of para-hydroxylation sites is 1. The highest BCUT2D eigenvalue weighted by atomic mass is 15.2. The lowest BCUT2D eigenvalue weighted by atomic mass is 10.1. The molecule has 2 heterocycles. The van der Waals surface area contributed by atoms with Gasteiger partial charge in [0.15, 0.2) is 0 Å². The third-order valence-electron chi connectivity index (χ3n) is 6.23. The molecule has 3 heteroatoms. The molecule has 4 aromatic carbocycles. The zero-order valence-electron chi connectivity index (χ0n) is 18.9. The summed E-state index contributed by atoms with van der Waals surface area (Å²) in [4.78, 5) is 10.2. The van der Waals surface area contributed by atoms with Crippen molar-refractivity contribution < 1.29 is 0 Å². The SMILES string of the molecule is Cc1c(-c2ccccc2)n(-c2nc(-c3ccccc3)cc(-c3ccccc3)n2)c2ccccc12. The first kappa shape index (κ1) is 20.1. The molecule has 0 aliphatic heterocycles. The Balaban J connectivity index is 1.69. The lowest BCUT2D eigenvalue weighted by Crippen LogP contribution is -2.05. The summed E-state index contributed by atoms with van der Waals surface area (Å²) in [5.41, 5.74) is 8.52. The van der Waals surface area contributed by atoms with Gasteiger partial charge >= 0.3 is 0 Å². The van der Waals surface area contributed by atoms with Crippen molar-refractivity contribution in [2.24, 2.45) is 0 Å². The van der Waals surface area contributed by atoms with Crippen LogP contribution in [0.1, 0.15) is 5.56 Å². The van der Waals surface area contributed by atoms with Crippen molar-refractivity contribution in [3.8, 4) is 39.7 Å². The van der Waals surface area contributed by atoms with Gasteiger partial charge in [-0.1, -0.05) is 109 Å². The monoisotopic (exact) mass is 437 g/mol. The Labute approximate surface area is 199 Å². The minimum Gasteiger partial charge on any atom is -0.278 e. The van der Waals surface area contributed by atoms with Crippen LogP contribution in [0.4, 0.5) is 0 Å². The molecule has 0 spiro atoms. The summed E-state index contributed by atoms with van der Waals surface area (Å²) in [6, 6.07) is 41.7. The molecule has 162 valence electrons. The Morgan fingerprint density at radius 2 is 1.00 bits per heavy atom. The van der Waals surface area contributed by atoms with Crippen molar-refractivity contribution in [1.29, 1.82) is 0 Å². The van der Waals surface area contributed by atoms with Crippen LogP contribution in [0, 0.1) is 6.92 Å². The molecule has 0 amide bonds. The Morgan fingerprint density at radius 3 is 1.56 bits per heavy atom. The number of aromatic nitrogens is 3. The number of rotatable bonds is 4. The van der Waals surface area contributed by atoms with Crippen molar-refractivity contribution in [3.63, 3.8) is 0 Å². The van der Waals surface area contributed by atoms with Gasteiger partial charge in [-0.3, -0.25) is 4.57 Å². The molecular formula is C31H23N3. The number of nitrogens with zero attached hydrogens (tertiary/aromatic N) is 3. The predicted octanol–water partition coefficient (Wildman–Crippen LogP) is 7.73. The average molecular weight is 438 g/mol. The first-order chi connectivity index (χ1) is 16.8. The molecule has 0 saturated carbocycles. The highest BCUT2D eigenvalue weighted by Gasteiger charge is 2.20. The van der Waals surface area contributed by atoms with E-state index in [1.165, 1.54) is 10.9 Å². The smallest absolute Gasteiger partial charge is 0.235 e. The lowest BCUT2D eigenvalue weighted by Gasteiger charge is -2.14. The molecule has 0 aliphatic rings. The minimum atomic E-state index is 0.670. The minimum absolute atomic E-state index is 0.670. The molecule has 0 bridgehead atoms. The maximum Gasteiger partial charge on any atom is 0.235 e. The van der Waals surface area contributed by atoms with Gasteiger partial charge in [-0.2, -0.15) is 0 Å². The zero-order chi connectivity index (χ0) is 22.9. The molecule has 0 atom stereocenters. The van der Waals surface area contributed by atoms with E-state index < -0.39 is 0 Å². The molecule has 0 saturated heterocycles. The normalized spacial score (nSPS) is 11.1. The fraction of sp³-hybridized carbons (Fsp3) is 0.0323. The van der Waals surface area contributed by atoms with Gasteiger partial charge in [0, 0.05) is 16.5 Å². The fourth-order valence-corrected chi connectivity index (χ4v) is 4.60. The second kappa shape index (κ2) is 8.45. The molecule has 34 heavy (non-hydrogen) atoms. The number of hydrogen-bond acceptors (Lipinski definition) is 2. The zero-order valence-corrected chi connectivity index (χ0v) is 18.9. The van der Waals surface area contributed by atoms with Crippen LogP contribution in [-0.4, -0.2) is 14.5 Å². The summed E-state index contributed by atoms with van der Waals surface area (Å²) >= 11 is 0. The molecule has 0 radical (unpaired) electrons. The van der Waals surface area contributed by atoms with Crippen LogP contribution in [0.15, 0.2) is 121 Å². The molecule has 2 aromatic heterocycles. The summed E-state index contributed by atoms with van der Waals surface area (Å²) in [6.45, 7) is 2.18. The highest BCUT2D eigenvalue weighted by Crippen LogP contribution is 2.36. The van der Waals surface area contributed by atoms with E-state index in [0.717, 1.165) is 39.3 Å². The van der Waals surface area contributed by atoms with Gasteiger partial charge in [-0.05, 0) is 30.2 Å². The van der Waals surface area contributed by atoms with Gasteiger partial charge in [-0.15, -0.1) is 0 Å². The van der Waals surface area contributed by atoms with Crippen LogP contribution in [0.2, 0.25) is 0 Å². The van der Waals surface area contributed by atoms with E-state index in [2.05, 4.69) is 90.4 Å². The Kier molecular flexibility index (Phi) is 5.00. The fourth-order valence-electron chi connectivity index (χ4n) is 4.60. The van der Waals surface area contributed by atoms with Crippen LogP contribution in [0.25, 0.3) is 50.6 Å². The van der Waals surface area contributed by atoms with E-state index in [4.69, 9.17) is 9.97 Å². The molecule has 3 nitrogen and oxygen atoms in total. The molecule has 0 fully saturated rings. The van der Waals surface area contributed by atoms with Crippen LogP contribution in [0.3, 0.4) is 0 Å². The Hall–Kier alpha value is -4.50. The molecule has 6 aromatic rings. The third kappa shape index (κ3) is 3.48. The summed E-state index contributed by atoms with van der Waals surface area (Å²) < 4.78 is 2.21. The van der Waals surface area contributed by atoms with E-state index in [1.807, 2.05) is 42.5 Å². The summed E-state index contributed by atoms with van der Waals surface area (Å²) in [5.74, 6) is 0.670. The van der Waals surface area contributed by atoms with Gasteiger partial charge in [0.05, 0.1) is 22.6 Å². The van der Waals surface area contributed by atoms with Crippen LogP contribution < -0.4 is 0 Å². The van der Waals surface area contributed by atoms with Crippen LogP contribution in [0.5, 0.6) is 0 Å². The van der Waals surface area contributed by atoms with E-state index >= 15 is 0 Å². The Morgan fingerprint density at radius 1 is 0.529 bits per heavy atom. The van der Waals surface area contributed by atoms with Gasteiger partial charge in [0.25, 0.3) is 0 Å². The van der Waals surface area contributed by atoms with Crippen molar-refractivity contribution in [3.05, 3.63) is 127 Å². The summed E-state index contributed by atoms with van der Waals surface area (Å²) in [5, 5.41) is 1.20. The number of benzene rings is 4. The number of hydrogen-bond donors (Lipinski definition) is 0. The molecular weight excluding hydrogens is 414 g/mol. The van der Waals surface area contributed by atoms with Crippen molar-refractivity contribution >= 4 is 10.9 Å². The first-order valence-corrected chi connectivity index (χ1v) is 11.5. The molecule has 6 rings (SSSR count). The third-order valence-corrected chi connectivity index (χ3v) is 6.23. The van der Waals surface area contributed by atoms with Gasteiger partial charge in [0.2, 0.25) is 5.95 Å². The van der Waals surface area contributed by atoms with E-state index in [1.54, 1.807) is 0 Å². The predicted molar refractivity (Wildman–Crippen MR) is 140 cm³/mol. The maximum atomic E-state index is 5.10. The molecule has 0 unspecified atom stereocenters. The number of fused-ring (bicyclic) bond motifs is 1. The lowest BCUT2D eigenvalue weighted by molar-refractivity contribution is 0.971. The van der Waals surface area contributed by atoms with E-state index in [9.17, 15) is 0 Å². The summed E-state index contributed by atoms with van der Waals surface area (Å²) in [7, 11) is 0. The second-order valence-electron chi connectivity index (χ2n) is 8.36. The topological polar surface area (TPSA) is 30.7 Å². The Bertz CT molecular complexity index is 1530. The van der Waals surface area contributed by atoms with E-state index in [0.29, 0.717) is 5.95 Å². The van der Waals surface area contributed by atoms with Gasteiger partial charge in [-0.25, -0.2) is 9.97 Å². The van der Waals surface area contributed by atoms with Gasteiger partial charge in [0.1, 0.15) is 0 Å². The quantitative estimate of drug-likeness (QED) is 0.282. The maximum absolute atomic E-state index is 5.10. The number of aryl methyl sites for hydroxylation is 1. The van der Waals surface area contributed by atoms with Crippen LogP contribution in [-0.2, 0) is 0 Å². The summed E-state index contributed by atoms with van der Waals surface area (Å²) in [6.07, 6.45) is 0. The highest BCUT2D eigenvalue weighted by molar-refractivity contribution is 5.93. The van der Waals surface area contributed by atoms with Crippen molar-refractivity contribution in [1.82, 2.24) is 14.5 Å². The van der Waals surface area contributed by atoms with Crippen LogP contribution >= 0.6 is 0 Å². The van der Waals surface area contributed by atoms with E-state index in [-0.39, 0.29) is 0 Å².